The maximum absolute atomic E-state index is 12.6. The molecule has 0 aromatic heterocycles. The van der Waals surface area contributed by atoms with Crippen molar-refractivity contribution in [3.05, 3.63) is 53.8 Å². The van der Waals surface area contributed by atoms with Crippen molar-refractivity contribution in [2.75, 3.05) is 32.8 Å². The lowest BCUT2D eigenvalue weighted by atomic mass is 9.84. The second-order valence-electron chi connectivity index (χ2n) is 7.28. The van der Waals surface area contributed by atoms with Gasteiger partial charge in [-0.15, -0.1) is 0 Å². The number of likely N-dealkylation sites (N-methyl/N-ethyl adjacent to an activating group) is 1. The highest BCUT2D eigenvalue weighted by Gasteiger charge is 2.36. The SMILES string of the molecule is CCN(CC)C(=O)COc1ccc(C(=O)CN2C=C3C=CC(C#N)C(=O)C3C2)cc1. The summed E-state index contributed by atoms with van der Waals surface area (Å²) in [6.45, 7) is 5.64. The minimum atomic E-state index is -0.705. The van der Waals surface area contributed by atoms with Gasteiger partial charge in [0.1, 0.15) is 11.7 Å². The first-order valence-corrected chi connectivity index (χ1v) is 10.1. The first-order chi connectivity index (χ1) is 14.5. The van der Waals surface area contributed by atoms with Crippen LogP contribution in [0.5, 0.6) is 5.75 Å². The number of nitriles is 1. The number of hydrogen-bond acceptors (Lipinski definition) is 6. The van der Waals surface area contributed by atoms with Gasteiger partial charge in [0, 0.05) is 31.4 Å². The fraction of sp³-hybridized carbons (Fsp3) is 0.391. The van der Waals surface area contributed by atoms with Gasteiger partial charge in [-0.3, -0.25) is 14.4 Å². The molecule has 7 heteroatoms. The summed E-state index contributed by atoms with van der Waals surface area (Å²) in [5, 5.41) is 9.04. The van der Waals surface area contributed by atoms with Crippen molar-refractivity contribution in [3.8, 4) is 11.8 Å². The fourth-order valence-corrected chi connectivity index (χ4v) is 3.67. The van der Waals surface area contributed by atoms with Gasteiger partial charge in [0.2, 0.25) is 0 Å². The minimum Gasteiger partial charge on any atom is -0.484 e. The Balaban J connectivity index is 1.54. The number of rotatable bonds is 8. The van der Waals surface area contributed by atoms with E-state index in [0.717, 1.165) is 5.57 Å². The van der Waals surface area contributed by atoms with Crippen LogP contribution in [0, 0.1) is 23.2 Å². The lowest BCUT2D eigenvalue weighted by Crippen LogP contribution is -2.34. The summed E-state index contributed by atoms with van der Waals surface area (Å²) in [5.41, 5.74) is 1.38. The number of carbonyl (C=O) groups is 3. The van der Waals surface area contributed by atoms with E-state index in [9.17, 15) is 14.4 Å². The number of nitrogens with zero attached hydrogens (tertiary/aromatic N) is 3. The third-order valence-electron chi connectivity index (χ3n) is 5.42. The van der Waals surface area contributed by atoms with Crippen molar-refractivity contribution in [1.29, 1.82) is 5.26 Å². The smallest absolute Gasteiger partial charge is 0.260 e. The molecule has 0 N–H and O–H groups in total. The number of ketones is 2. The predicted molar refractivity (Wildman–Crippen MR) is 111 cm³/mol. The van der Waals surface area contributed by atoms with E-state index < -0.39 is 5.92 Å². The van der Waals surface area contributed by atoms with E-state index in [1.807, 2.05) is 31.0 Å². The topological polar surface area (TPSA) is 90.7 Å². The minimum absolute atomic E-state index is 0.0387. The zero-order valence-electron chi connectivity index (χ0n) is 17.2. The zero-order valence-corrected chi connectivity index (χ0v) is 17.2. The largest absolute Gasteiger partial charge is 0.484 e. The fourth-order valence-electron chi connectivity index (χ4n) is 3.67. The highest BCUT2D eigenvalue weighted by Crippen LogP contribution is 2.30. The summed E-state index contributed by atoms with van der Waals surface area (Å²) < 4.78 is 5.52. The molecule has 2 unspecified atom stereocenters. The van der Waals surface area contributed by atoms with Crippen molar-refractivity contribution in [2.45, 2.75) is 13.8 Å². The number of ether oxygens (including phenoxy) is 1. The van der Waals surface area contributed by atoms with Crippen LogP contribution in [0.25, 0.3) is 0 Å². The Morgan fingerprint density at radius 2 is 1.93 bits per heavy atom. The van der Waals surface area contributed by atoms with Gasteiger partial charge in [0.25, 0.3) is 5.91 Å². The summed E-state index contributed by atoms with van der Waals surface area (Å²) in [7, 11) is 0. The highest BCUT2D eigenvalue weighted by molar-refractivity contribution is 5.98. The van der Waals surface area contributed by atoms with Crippen molar-refractivity contribution < 1.29 is 19.1 Å². The maximum atomic E-state index is 12.6. The van der Waals surface area contributed by atoms with Crippen molar-refractivity contribution >= 4 is 17.5 Å². The van der Waals surface area contributed by atoms with Crippen LogP contribution >= 0.6 is 0 Å². The van der Waals surface area contributed by atoms with Gasteiger partial charge in [0.15, 0.2) is 18.2 Å². The first-order valence-electron chi connectivity index (χ1n) is 10.1. The maximum Gasteiger partial charge on any atom is 0.260 e. The third kappa shape index (κ3) is 4.60. The van der Waals surface area contributed by atoms with Gasteiger partial charge in [0.05, 0.1) is 18.5 Å². The molecule has 0 bridgehead atoms. The molecule has 7 nitrogen and oxygen atoms in total. The van der Waals surface area contributed by atoms with E-state index in [0.29, 0.717) is 30.9 Å². The Morgan fingerprint density at radius 1 is 1.23 bits per heavy atom. The molecule has 156 valence electrons. The Morgan fingerprint density at radius 3 is 2.57 bits per heavy atom. The molecule has 1 aliphatic heterocycles. The summed E-state index contributed by atoms with van der Waals surface area (Å²) >= 11 is 0. The Labute approximate surface area is 176 Å². The summed E-state index contributed by atoms with van der Waals surface area (Å²) in [6.07, 6.45) is 5.23. The number of Topliss-reactive ketones (excluding diaryl/α,β-unsaturated/α-hetero) is 2. The molecule has 2 aliphatic rings. The molecule has 1 amide bonds. The molecule has 1 aromatic carbocycles. The predicted octanol–water partition coefficient (Wildman–Crippen LogP) is 2.21. The van der Waals surface area contributed by atoms with Gasteiger partial charge in [-0.2, -0.15) is 5.26 Å². The molecule has 0 saturated heterocycles. The van der Waals surface area contributed by atoms with Gasteiger partial charge < -0.3 is 14.5 Å². The van der Waals surface area contributed by atoms with Gasteiger partial charge in [-0.25, -0.2) is 0 Å². The zero-order chi connectivity index (χ0) is 21.7. The van der Waals surface area contributed by atoms with E-state index in [-0.39, 0.29) is 36.5 Å². The molecule has 1 aromatic rings. The van der Waals surface area contributed by atoms with E-state index in [1.54, 1.807) is 41.3 Å². The van der Waals surface area contributed by atoms with Gasteiger partial charge in [-0.1, -0.05) is 12.2 Å². The lowest BCUT2D eigenvalue weighted by Gasteiger charge is -2.19. The molecule has 0 spiro atoms. The van der Waals surface area contributed by atoms with Crippen molar-refractivity contribution in [1.82, 2.24) is 9.80 Å². The van der Waals surface area contributed by atoms with E-state index in [4.69, 9.17) is 10.00 Å². The molecule has 0 radical (unpaired) electrons. The summed E-state index contributed by atoms with van der Waals surface area (Å²) in [5.74, 6) is -0.785. The van der Waals surface area contributed by atoms with E-state index >= 15 is 0 Å². The average Bonchev–Trinajstić information content (AvgIpc) is 3.17. The first kappa shape index (κ1) is 21.3. The Kier molecular flexibility index (Phi) is 6.68. The lowest BCUT2D eigenvalue weighted by molar-refractivity contribution is -0.133. The average molecular weight is 407 g/mol. The number of carbonyl (C=O) groups excluding carboxylic acids is 3. The number of amides is 1. The van der Waals surface area contributed by atoms with Crippen LogP contribution in [0.4, 0.5) is 0 Å². The molecule has 1 aliphatic carbocycles. The number of benzene rings is 1. The monoisotopic (exact) mass is 407 g/mol. The van der Waals surface area contributed by atoms with Crippen LogP contribution in [0.2, 0.25) is 0 Å². The van der Waals surface area contributed by atoms with Crippen molar-refractivity contribution in [3.63, 3.8) is 0 Å². The van der Waals surface area contributed by atoms with Crippen molar-refractivity contribution in [2.24, 2.45) is 11.8 Å². The number of fused-ring (bicyclic) bond motifs is 1. The summed E-state index contributed by atoms with van der Waals surface area (Å²) in [6, 6.07) is 8.70. The molecular weight excluding hydrogens is 382 g/mol. The standard InChI is InChI=1S/C23H25N3O4/c1-3-26(4-2)22(28)15-30-19-9-7-16(8-10-19)21(27)14-25-12-18-6-5-17(11-24)23(29)20(18)13-25/h5-10,12,17,20H,3-4,13-15H2,1-2H3. The van der Waals surface area contributed by atoms with Crippen LogP contribution in [0.15, 0.2) is 48.2 Å². The quantitative estimate of drug-likeness (QED) is 0.614. The Bertz CT molecular complexity index is 923. The number of hydrogen-bond donors (Lipinski definition) is 0. The van der Waals surface area contributed by atoms with Crippen LogP contribution < -0.4 is 4.74 Å². The number of allylic oxidation sites excluding steroid dienone is 2. The summed E-state index contributed by atoms with van der Waals surface area (Å²) in [4.78, 5) is 40.4. The van der Waals surface area contributed by atoms with E-state index in [2.05, 4.69) is 0 Å². The van der Waals surface area contributed by atoms with Crippen LogP contribution in [0.3, 0.4) is 0 Å². The molecule has 0 saturated carbocycles. The van der Waals surface area contributed by atoms with Crippen LogP contribution in [-0.4, -0.2) is 60.1 Å². The Hall–Kier alpha value is -3.40. The second-order valence-corrected chi connectivity index (χ2v) is 7.28. The van der Waals surface area contributed by atoms with Gasteiger partial charge in [-0.05, 0) is 43.7 Å². The molecule has 30 heavy (non-hydrogen) atoms. The normalized spacial score (nSPS) is 19.7. The molecule has 1 heterocycles. The molecule has 3 rings (SSSR count). The highest BCUT2D eigenvalue weighted by atomic mass is 16.5. The molecular formula is C23H25N3O4. The molecule has 0 fully saturated rings. The van der Waals surface area contributed by atoms with Crippen LogP contribution in [-0.2, 0) is 9.59 Å². The second kappa shape index (κ2) is 9.40. The van der Waals surface area contributed by atoms with E-state index in [1.165, 1.54) is 0 Å². The molecule has 2 atom stereocenters. The van der Waals surface area contributed by atoms with Crippen LogP contribution in [0.1, 0.15) is 24.2 Å². The third-order valence-corrected chi connectivity index (χ3v) is 5.42. The van der Waals surface area contributed by atoms with Gasteiger partial charge >= 0.3 is 0 Å².